The van der Waals surface area contributed by atoms with E-state index in [-0.39, 0.29) is 22.4 Å². The van der Waals surface area contributed by atoms with Crippen LogP contribution in [-0.4, -0.2) is 71.2 Å². The molecule has 0 saturated carbocycles. The van der Waals surface area contributed by atoms with Crippen molar-refractivity contribution in [3.63, 3.8) is 0 Å². The first-order valence-electron chi connectivity index (χ1n) is 10.1. The Labute approximate surface area is 189 Å². The number of amides is 1. The molecule has 2 aromatic rings. The van der Waals surface area contributed by atoms with E-state index in [0.29, 0.717) is 18.7 Å². The molecule has 1 aliphatic rings. The van der Waals surface area contributed by atoms with Gasteiger partial charge in [-0.05, 0) is 49.2 Å². The number of sulfonamides is 2. The summed E-state index contributed by atoms with van der Waals surface area (Å²) in [5, 5.41) is 2.69. The molecule has 0 bridgehead atoms. The average molecular weight is 482 g/mol. The highest BCUT2D eigenvalue weighted by atomic mass is 32.2. The van der Waals surface area contributed by atoms with Crippen molar-refractivity contribution in [2.24, 2.45) is 0 Å². The molecule has 1 N–H and O–H groups in total. The number of benzene rings is 2. The summed E-state index contributed by atoms with van der Waals surface area (Å²) in [5.74, 6) is -0.482. The molecule has 174 valence electrons. The second kappa shape index (κ2) is 10.1. The Kier molecular flexibility index (Phi) is 7.67. The lowest BCUT2D eigenvalue weighted by Gasteiger charge is -2.24. The van der Waals surface area contributed by atoms with Crippen molar-refractivity contribution in [1.82, 2.24) is 8.61 Å². The monoisotopic (exact) mass is 481 g/mol. The van der Waals surface area contributed by atoms with Gasteiger partial charge in [-0.3, -0.25) is 4.79 Å². The fourth-order valence-corrected chi connectivity index (χ4v) is 5.62. The highest BCUT2D eigenvalue weighted by Crippen LogP contribution is 2.22. The van der Waals surface area contributed by atoms with Crippen molar-refractivity contribution in [1.29, 1.82) is 0 Å². The third-order valence-corrected chi connectivity index (χ3v) is 8.70. The molecule has 1 fully saturated rings. The molecule has 2 aromatic carbocycles. The molecular formula is C21H27N3O6S2. The number of anilines is 1. The largest absolute Gasteiger partial charge is 0.377 e. The molecule has 1 saturated heterocycles. The lowest BCUT2D eigenvalue weighted by molar-refractivity contribution is -0.116. The van der Waals surface area contributed by atoms with Crippen LogP contribution in [0.4, 0.5) is 5.69 Å². The maximum absolute atomic E-state index is 13.3. The van der Waals surface area contributed by atoms with Crippen molar-refractivity contribution >= 4 is 31.6 Å². The summed E-state index contributed by atoms with van der Waals surface area (Å²) in [6, 6.07) is 13.7. The Hall–Kier alpha value is -2.31. The van der Waals surface area contributed by atoms with Gasteiger partial charge in [0, 0.05) is 32.9 Å². The minimum Gasteiger partial charge on any atom is -0.377 e. The van der Waals surface area contributed by atoms with E-state index in [9.17, 15) is 21.6 Å². The zero-order chi connectivity index (χ0) is 23.4. The van der Waals surface area contributed by atoms with E-state index in [4.69, 9.17) is 4.74 Å². The van der Waals surface area contributed by atoms with E-state index in [1.807, 2.05) is 6.07 Å². The van der Waals surface area contributed by atoms with Crippen molar-refractivity contribution in [3.05, 3.63) is 54.6 Å². The van der Waals surface area contributed by atoms with E-state index in [0.717, 1.165) is 15.0 Å². The predicted octanol–water partition coefficient (Wildman–Crippen LogP) is 1.75. The van der Waals surface area contributed by atoms with Crippen molar-refractivity contribution in [3.8, 4) is 0 Å². The van der Waals surface area contributed by atoms with Gasteiger partial charge in [-0.15, -0.1) is 0 Å². The molecule has 0 aromatic heterocycles. The van der Waals surface area contributed by atoms with Gasteiger partial charge in [0.15, 0.2) is 0 Å². The summed E-state index contributed by atoms with van der Waals surface area (Å²) >= 11 is 0. The smallest absolute Gasteiger partial charge is 0.243 e. The minimum atomic E-state index is -4.07. The van der Waals surface area contributed by atoms with Crippen LogP contribution in [0.1, 0.15) is 12.8 Å². The van der Waals surface area contributed by atoms with Gasteiger partial charge in [0.2, 0.25) is 26.0 Å². The van der Waals surface area contributed by atoms with Crippen LogP contribution in [-0.2, 0) is 29.6 Å². The summed E-state index contributed by atoms with van der Waals surface area (Å²) in [7, 11) is -4.97. The maximum Gasteiger partial charge on any atom is 0.243 e. The lowest BCUT2D eigenvalue weighted by Crippen LogP contribution is -2.42. The fraction of sp³-hybridized carbons (Fsp3) is 0.381. The molecule has 1 heterocycles. The van der Waals surface area contributed by atoms with Crippen LogP contribution in [0.2, 0.25) is 0 Å². The van der Waals surface area contributed by atoms with E-state index < -0.39 is 32.5 Å². The lowest BCUT2D eigenvalue weighted by atomic mass is 10.2. The summed E-state index contributed by atoms with van der Waals surface area (Å²) in [6.45, 7) is 0.184. The maximum atomic E-state index is 13.3. The van der Waals surface area contributed by atoms with Crippen LogP contribution in [0.5, 0.6) is 0 Å². The fourth-order valence-electron chi connectivity index (χ4n) is 3.29. The number of carbonyl (C=O) groups excluding carboxylic acids is 1. The van der Waals surface area contributed by atoms with E-state index in [2.05, 4.69) is 5.32 Å². The molecular weight excluding hydrogens is 454 g/mol. The van der Waals surface area contributed by atoms with Gasteiger partial charge in [-0.25, -0.2) is 21.1 Å². The van der Waals surface area contributed by atoms with E-state index >= 15 is 0 Å². The molecule has 0 aliphatic carbocycles. The first-order valence-corrected chi connectivity index (χ1v) is 13.0. The van der Waals surface area contributed by atoms with Crippen LogP contribution in [0.15, 0.2) is 64.4 Å². The van der Waals surface area contributed by atoms with Crippen LogP contribution >= 0.6 is 0 Å². The Morgan fingerprint density at radius 2 is 1.56 bits per heavy atom. The average Bonchev–Trinajstić information content (AvgIpc) is 3.27. The normalized spacial score (nSPS) is 17.1. The topological polar surface area (TPSA) is 113 Å². The number of hydrogen-bond donors (Lipinski definition) is 1. The summed E-state index contributed by atoms with van der Waals surface area (Å²) in [6.07, 6.45) is 1.22. The second-order valence-electron chi connectivity index (χ2n) is 7.61. The van der Waals surface area contributed by atoms with Gasteiger partial charge >= 0.3 is 0 Å². The number of hydrogen-bond acceptors (Lipinski definition) is 6. The molecule has 9 nitrogen and oxygen atoms in total. The third kappa shape index (κ3) is 5.73. The highest BCUT2D eigenvalue weighted by Gasteiger charge is 2.31. The second-order valence-corrected chi connectivity index (χ2v) is 11.7. The molecule has 32 heavy (non-hydrogen) atoms. The number of para-hydroxylation sites is 1. The van der Waals surface area contributed by atoms with Gasteiger partial charge in [0.1, 0.15) is 0 Å². The molecule has 11 heteroatoms. The van der Waals surface area contributed by atoms with Crippen LogP contribution in [0.25, 0.3) is 0 Å². The first-order chi connectivity index (χ1) is 15.1. The van der Waals surface area contributed by atoms with Crippen LogP contribution < -0.4 is 5.32 Å². The zero-order valence-corrected chi connectivity index (χ0v) is 19.6. The molecule has 1 aliphatic heterocycles. The Balaban J connectivity index is 1.84. The summed E-state index contributed by atoms with van der Waals surface area (Å²) in [4.78, 5) is 12.5. The van der Waals surface area contributed by atoms with Crippen molar-refractivity contribution in [2.45, 2.75) is 28.7 Å². The van der Waals surface area contributed by atoms with Crippen molar-refractivity contribution < 1.29 is 26.4 Å². The molecule has 3 rings (SSSR count). The van der Waals surface area contributed by atoms with E-state index in [1.54, 1.807) is 24.3 Å². The number of nitrogens with one attached hydrogen (secondary N) is 1. The van der Waals surface area contributed by atoms with Crippen LogP contribution in [0, 0.1) is 0 Å². The Morgan fingerprint density at radius 3 is 2.09 bits per heavy atom. The first kappa shape index (κ1) is 24.3. The number of carbonyl (C=O) groups is 1. The predicted molar refractivity (Wildman–Crippen MR) is 120 cm³/mol. The minimum absolute atomic E-state index is 0.0195. The van der Waals surface area contributed by atoms with Crippen LogP contribution in [0.3, 0.4) is 0 Å². The molecule has 1 atom stereocenters. The zero-order valence-electron chi connectivity index (χ0n) is 18.0. The molecule has 0 spiro atoms. The van der Waals surface area contributed by atoms with Gasteiger partial charge in [-0.1, -0.05) is 18.2 Å². The van der Waals surface area contributed by atoms with Gasteiger partial charge < -0.3 is 10.1 Å². The van der Waals surface area contributed by atoms with Gasteiger partial charge in [0.05, 0.1) is 22.4 Å². The molecule has 0 unspecified atom stereocenters. The number of rotatable bonds is 9. The molecule has 0 radical (unpaired) electrons. The number of nitrogens with zero attached hydrogens (tertiary/aromatic N) is 2. The Bertz CT molecular complexity index is 1130. The molecule has 1 amide bonds. The summed E-state index contributed by atoms with van der Waals surface area (Å²) < 4.78 is 58.9. The quantitative estimate of drug-likeness (QED) is 0.584. The van der Waals surface area contributed by atoms with Gasteiger partial charge in [0.25, 0.3) is 0 Å². The Morgan fingerprint density at radius 1 is 0.969 bits per heavy atom. The third-order valence-electron chi connectivity index (χ3n) is 5.05. The van der Waals surface area contributed by atoms with E-state index in [1.165, 1.54) is 38.4 Å². The SMILES string of the molecule is CN(C)S(=O)(=O)c1ccc(S(=O)(=O)N(CC(=O)Nc2ccccc2)C[C@H]2CCCO2)cc1. The highest BCUT2D eigenvalue weighted by molar-refractivity contribution is 7.89. The van der Waals surface area contributed by atoms with Crippen molar-refractivity contribution in [2.75, 3.05) is 39.1 Å². The number of ether oxygens (including phenoxy) is 1. The summed E-state index contributed by atoms with van der Waals surface area (Å²) in [5.41, 5.74) is 0.560. The standard InChI is InChI=1S/C21H27N3O6S2/c1-23(2)31(26,27)19-10-12-20(13-11-19)32(28,29)24(15-18-9-6-14-30-18)16-21(25)22-17-7-4-3-5-8-17/h3-5,7-8,10-13,18H,6,9,14-16H2,1-2H3,(H,22,25)/t18-/m1/s1. The van der Waals surface area contributed by atoms with Gasteiger partial charge in [-0.2, -0.15) is 4.31 Å².